The molecule has 0 bridgehead atoms. The molecule has 2 rings (SSSR count). The predicted octanol–water partition coefficient (Wildman–Crippen LogP) is 5.88. The van der Waals surface area contributed by atoms with Gasteiger partial charge in [-0.1, -0.05) is 66.7 Å². The van der Waals surface area contributed by atoms with Gasteiger partial charge in [0.1, 0.15) is 5.82 Å². The second-order valence-corrected chi connectivity index (χ2v) is 9.99. The van der Waals surface area contributed by atoms with Gasteiger partial charge < -0.3 is 5.32 Å². The quantitative estimate of drug-likeness (QED) is 0.715. The van der Waals surface area contributed by atoms with Crippen LogP contribution in [0.1, 0.15) is 72.6 Å². The minimum atomic E-state index is -0.0903. The Morgan fingerprint density at radius 1 is 1.15 bits per heavy atom. The van der Waals surface area contributed by atoms with Gasteiger partial charge in [-0.25, -0.2) is 4.68 Å². The summed E-state index contributed by atoms with van der Waals surface area (Å²) in [6.07, 6.45) is 1.53. The highest BCUT2D eigenvalue weighted by Crippen LogP contribution is 2.29. The van der Waals surface area contributed by atoms with Crippen molar-refractivity contribution in [2.24, 2.45) is 11.3 Å². The number of aromatic nitrogens is 2. The molecule has 0 fully saturated rings. The Hall–Kier alpha value is -2.10. The fourth-order valence-corrected chi connectivity index (χ4v) is 3.45. The summed E-state index contributed by atoms with van der Waals surface area (Å²) >= 11 is 0. The van der Waals surface area contributed by atoms with E-state index in [0.29, 0.717) is 12.3 Å². The van der Waals surface area contributed by atoms with Gasteiger partial charge in [0.05, 0.1) is 11.4 Å². The van der Waals surface area contributed by atoms with Gasteiger partial charge in [0.2, 0.25) is 5.91 Å². The normalized spacial score (nSPS) is 13.5. The van der Waals surface area contributed by atoms with Crippen molar-refractivity contribution >= 4 is 11.7 Å². The average Bonchev–Trinajstić information content (AvgIpc) is 2.89. The van der Waals surface area contributed by atoms with Crippen LogP contribution in [0, 0.1) is 18.3 Å². The van der Waals surface area contributed by atoms with Gasteiger partial charge in [0.25, 0.3) is 0 Å². The predicted molar refractivity (Wildman–Crippen MR) is 113 cm³/mol. The number of rotatable bonds is 5. The number of nitrogens with one attached hydrogen (secondary N) is 1. The molecule has 1 amide bonds. The summed E-state index contributed by atoms with van der Waals surface area (Å²) < 4.78 is 1.86. The Kier molecular flexibility index (Phi) is 6.18. The molecule has 1 heterocycles. The van der Waals surface area contributed by atoms with Gasteiger partial charge in [0, 0.05) is 17.9 Å². The van der Waals surface area contributed by atoms with Crippen LogP contribution in [-0.2, 0) is 10.2 Å². The highest BCUT2D eigenvalue weighted by atomic mass is 16.1. The van der Waals surface area contributed by atoms with Crippen LogP contribution in [0.2, 0.25) is 0 Å². The van der Waals surface area contributed by atoms with Gasteiger partial charge in [-0.15, -0.1) is 0 Å². The summed E-state index contributed by atoms with van der Waals surface area (Å²) in [6.45, 7) is 17.2. The molecule has 1 aromatic carbocycles. The third-order valence-corrected chi connectivity index (χ3v) is 4.58. The van der Waals surface area contributed by atoms with Gasteiger partial charge in [-0.3, -0.25) is 4.79 Å². The fourth-order valence-electron chi connectivity index (χ4n) is 3.45. The van der Waals surface area contributed by atoms with E-state index in [1.165, 1.54) is 0 Å². The third kappa shape index (κ3) is 5.95. The molecule has 27 heavy (non-hydrogen) atoms. The Labute approximate surface area is 164 Å². The number of nitrogens with zero attached hydrogens (tertiary/aromatic N) is 2. The first kappa shape index (κ1) is 21.2. The minimum Gasteiger partial charge on any atom is -0.311 e. The Morgan fingerprint density at radius 2 is 1.78 bits per heavy atom. The third-order valence-electron chi connectivity index (χ3n) is 4.58. The molecule has 0 aliphatic heterocycles. The van der Waals surface area contributed by atoms with Crippen molar-refractivity contribution in [2.75, 3.05) is 5.32 Å². The molecule has 0 saturated heterocycles. The maximum Gasteiger partial charge on any atom is 0.225 e. The van der Waals surface area contributed by atoms with Gasteiger partial charge >= 0.3 is 0 Å². The molecule has 0 aliphatic rings. The SMILES string of the molecule is Cc1ccccc1-n1nc(C(C)(C)C)cc1NC(=O)CC(C)CC(C)(C)C. The van der Waals surface area contributed by atoms with Crippen LogP contribution in [-0.4, -0.2) is 15.7 Å². The van der Waals surface area contributed by atoms with Crippen molar-refractivity contribution in [3.05, 3.63) is 41.6 Å². The smallest absolute Gasteiger partial charge is 0.225 e. The van der Waals surface area contributed by atoms with Crippen LogP contribution in [0.3, 0.4) is 0 Å². The standard InChI is InChI=1S/C23H35N3O/c1-16(15-22(3,4)5)13-21(27)24-20-14-19(23(6,7)8)25-26(20)18-12-10-9-11-17(18)2/h9-12,14,16H,13,15H2,1-8H3,(H,24,27). The molecule has 0 radical (unpaired) electrons. The summed E-state index contributed by atoms with van der Waals surface area (Å²) in [5.74, 6) is 1.12. The van der Waals surface area contributed by atoms with Crippen molar-refractivity contribution in [2.45, 2.75) is 73.6 Å². The number of carbonyl (C=O) groups excluding carboxylic acids is 1. The highest BCUT2D eigenvalue weighted by Gasteiger charge is 2.23. The first-order valence-electron chi connectivity index (χ1n) is 9.83. The maximum absolute atomic E-state index is 12.7. The molecule has 0 saturated carbocycles. The molecule has 0 aliphatic carbocycles. The lowest BCUT2D eigenvalue weighted by atomic mass is 9.84. The lowest BCUT2D eigenvalue weighted by Crippen LogP contribution is -2.20. The zero-order chi connectivity index (χ0) is 20.4. The highest BCUT2D eigenvalue weighted by molar-refractivity contribution is 5.90. The lowest BCUT2D eigenvalue weighted by Gasteiger charge is -2.22. The molecule has 2 aromatic rings. The first-order valence-corrected chi connectivity index (χ1v) is 9.83. The van der Waals surface area contributed by atoms with Crippen molar-refractivity contribution in [1.29, 1.82) is 0 Å². The lowest BCUT2D eigenvalue weighted by molar-refractivity contribution is -0.117. The van der Waals surface area contributed by atoms with E-state index in [1.807, 2.05) is 28.9 Å². The van der Waals surface area contributed by atoms with Crippen LogP contribution >= 0.6 is 0 Å². The molecule has 1 atom stereocenters. The topological polar surface area (TPSA) is 46.9 Å². The van der Waals surface area contributed by atoms with E-state index in [9.17, 15) is 4.79 Å². The molecule has 0 spiro atoms. The maximum atomic E-state index is 12.7. The second-order valence-electron chi connectivity index (χ2n) is 9.99. The van der Waals surface area contributed by atoms with E-state index in [1.54, 1.807) is 0 Å². The van der Waals surface area contributed by atoms with E-state index in [4.69, 9.17) is 5.10 Å². The largest absolute Gasteiger partial charge is 0.311 e. The number of aryl methyl sites for hydroxylation is 1. The summed E-state index contributed by atoms with van der Waals surface area (Å²) in [5, 5.41) is 7.91. The van der Waals surface area contributed by atoms with E-state index in [-0.39, 0.29) is 16.7 Å². The number of benzene rings is 1. The van der Waals surface area contributed by atoms with Crippen molar-refractivity contribution < 1.29 is 4.79 Å². The van der Waals surface area contributed by atoms with Gasteiger partial charge in [-0.05, 0) is 36.3 Å². The Morgan fingerprint density at radius 3 is 2.33 bits per heavy atom. The first-order chi connectivity index (χ1) is 12.4. The molecule has 1 N–H and O–H groups in total. The fraction of sp³-hybridized carbons (Fsp3) is 0.565. The monoisotopic (exact) mass is 369 g/mol. The molecular weight excluding hydrogens is 334 g/mol. The summed E-state index contributed by atoms with van der Waals surface area (Å²) in [7, 11) is 0. The van der Waals surface area contributed by atoms with E-state index >= 15 is 0 Å². The molecule has 1 unspecified atom stereocenters. The van der Waals surface area contributed by atoms with Gasteiger partial charge in [-0.2, -0.15) is 5.10 Å². The van der Waals surface area contributed by atoms with Crippen LogP contribution in [0.4, 0.5) is 5.82 Å². The van der Waals surface area contributed by atoms with Crippen LogP contribution in [0.5, 0.6) is 0 Å². The Balaban J connectivity index is 2.29. The molecule has 148 valence electrons. The van der Waals surface area contributed by atoms with Crippen LogP contribution in [0.15, 0.2) is 30.3 Å². The van der Waals surface area contributed by atoms with Crippen molar-refractivity contribution in [3.8, 4) is 5.69 Å². The zero-order valence-electron chi connectivity index (χ0n) is 18.2. The number of para-hydroxylation sites is 1. The number of amides is 1. The Bertz CT molecular complexity index is 791. The molecule has 1 aromatic heterocycles. The van der Waals surface area contributed by atoms with Crippen LogP contribution in [0.25, 0.3) is 5.69 Å². The zero-order valence-corrected chi connectivity index (χ0v) is 18.2. The molecule has 4 nitrogen and oxygen atoms in total. The number of anilines is 1. The second kappa shape index (κ2) is 7.87. The minimum absolute atomic E-state index is 0.0435. The van der Waals surface area contributed by atoms with E-state index in [2.05, 4.69) is 66.8 Å². The van der Waals surface area contributed by atoms with E-state index in [0.717, 1.165) is 29.2 Å². The summed E-state index contributed by atoms with van der Waals surface area (Å²) in [4.78, 5) is 12.7. The number of carbonyl (C=O) groups is 1. The number of hydrogen-bond acceptors (Lipinski definition) is 2. The summed E-state index contributed by atoms with van der Waals surface area (Å²) in [6, 6.07) is 10.1. The number of hydrogen-bond donors (Lipinski definition) is 1. The molecular formula is C23H35N3O. The van der Waals surface area contributed by atoms with Crippen LogP contribution < -0.4 is 5.32 Å². The van der Waals surface area contributed by atoms with Gasteiger partial charge in [0.15, 0.2) is 0 Å². The average molecular weight is 370 g/mol. The summed E-state index contributed by atoms with van der Waals surface area (Å²) in [5.41, 5.74) is 3.21. The van der Waals surface area contributed by atoms with Crippen molar-refractivity contribution in [1.82, 2.24) is 9.78 Å². The van der Waals surface area contributed by atoms with Crippen molar-refractivity contribution in [3.63, 3.8) is 0 Å². The van der Waals surface area contributed by atoms with E-state index < -0.39 is 0 Å². The molecule has 4 heteroatoms.